The summed E-state index contributed by atoms with van der Waals surface area (Å²) in [6.07, 6.45) is 15.3. The molecule has 1 aliphatic rings. The smallest absolute Gasteiger partial charge is 0.220 e. The lowest BCUT2D eigenvalue weighted by Gasteiger charge is -2.20. The van der Waals surface area contributed by atoms with Crippen molar-refractivity contribution in [1.82, 2.24) is 5.32 Å². The summed E-state index contributed by atoms with van der Waals surface area (Å²) in [5.41, 5.74) is 0. The van der Waals surface area contributed by atoms with Gasteiger partial charge in [-0.15, -0.1) is 0 Å². The van der Waals surface area contributed by atoms with Crippen molar-refractivity contribution >= 4 is 5.91 Å². The first kappa shape index (κ1) is 16.5. The third-order valence-electron chi connectivity index (χ3n) is 4.06. The standard InChI is InChI=1S/C17H33NO/c1-15(2)14-17(19)18-16-12-10-8-6-4-3-5-7-9-11-13-16/h15-16H,3-14H2,1-2H3,(H,18,19). The molecule has 1 rings (SSSR count). The third-order valence-corrected chi connectivity index (χ3v) is 4.06. The summed E-state index contributed by atoms with van der Waals surface area (Å²) in [5, 5.41) is 3.26. The zero-order chi connectivity index (χ0) is 13.9. The number of amides is 1. The van der Waals surface area contributed by atoms with E-state index in [1.165, 1.54) is 70.6 Å². The molecule has 1 amide bonds. The van der Waals surface area contributed by atoms with Crippen molar-refractivity contribution < 1.29 is 4.79 Å². The van der Waals surface area contributed by atoms with Gasteiger partial charge in [-0.1, -0.05) is 71.6 Å². The maximum Gasteiger partial charge on any atom is 0.220 e. The van der Waals surface area contributed by atoms with Crippen molar-refractivity contribution in [1.29, 1.82) is 0 Å². The Morgan fingerprint density at radius 1 is 0.895 bits per heavy atom. The van der Waals surface area contributed by atoms with Gasteiger partial charge in [0.25, 0.3) is 0 Å². The van der Waals surface area contributed by atoms with Gasteiger partial charge in [-0.3, -0.25) is 4.79 Å². The Hall–Kier alpha value is -0.530. The summed E-state index contributed by atoms with van der Waals surface area (Å²) in [6, 6.07) is 0.436. The second-order valence-electron chi connectivity index (χ2n) is 6.62. The van der Waals surface area contributed by atoms with Crippen LogP contribution < -0.4 is 5.32 Å². The number of hydrogen-bond donors (Lipinski definition) is 1. The molecule has 1 saturated carbocycles. The van der Waals surface area contributed by atoms with Crippen molar-refractivity contribution in [3.05, 3.63) is 0 Å². The maximum atomic E-state index is 11.9. The highest BCUT2D eigenvalue weighted by molar-refractivity contribution is 5.76. The number of nitrogens with one attached hydrogen (secondary N) is 1. The molecule has 112 valence electrons. The number of carbonyl (C=O) groups excluding carboxylic acids is 1. The Bertz CT molecular complexity index is 225. The van der Waals surface area contributed by atoms with Crippen molar-refractivity contribution in [2.75, 3.05) is 0 Å². The van der Waals surface area contributed by atoms with E-state index in [2.05, 4.69) is 19.2 Å². The lowest BCUT2D eigenvalue weighted by molar-refractivity contribution is -0.122. The molecule has 0 unspecified atom stereocenters. The molecule has 0 aliphatic heterocycles. The highest BCUT2D eigenvalue weighted by Crippen LogP contribution is 2.17. The summed E-state index contributed by atoms with van der Waals surface area (Å²) < 4.78 is 0. The Labute approximate surface area is 119 Å². The van der Waals surface area contributed by atoms with Crippen LogP contribution in [-0.2, 0) is 4.79 Å². The van der Waals surface area contributed by atoms with E-state index in [1.807, 2.05) is 0 Å². The molecule has 0 radical (unpaired) electrons. The molecule has 1 N–H and O–H groups in total. The molecule has 0 saturated heterocycles. The molecule has 1 aliphatic carbocycles. The largest absolute Gasteiger partial charge is 0.353 e. The van der Waals surface area contributed by atoms with Crippen LogP contribution in [0.1, 0.15) is 90.9 Å². The zero-order valence-electron chi connectivity index (χ0n) is 13.0. The van der Waals surface area contributed by atoms with E-state index in [4.69, 9.17) is 0 Å². The number of carbonyl (C=O) groups is 1. The molecule has 0 atom stereocenters. The molecule has 0 aromatic carbocycles. The van der Waals surface area contributed by atoms with Gasteiger partial charge >= 0.3 is 0 Å². The first-order valence-corrected chi connectivity index (χ1v) is 8.48. The lowest BCUT2D eigenvalue weighted by atomic mass is 9.97. The first-order valence-electron chi connectivity index (χ1n) is 8.48. The van der Waals surface area contributed by atoms with Gasteiger partial charge in [0.2, 0.25) is 5.91 Å². The Balaban J connectivity index is 2.31. The van der Waals surface area contributed by atoms with Gasteiger partial charge in [0.1, 0.15) is 0 Å². The summed E-state index contributed by atoms with van der Waals surface area (Å²) >= 11 is 0. The second-order valence-corrected chi connectivity index (χ2v) is 6.62. The summed E-state index contributed by atoms with van der Waals surface area (Å²) in [4.78, 5) is 11.9. The lowest BCUT2D eigenvalue weighted by Crippen LogP contribution is -2.35. The van der Waals surface area contributed by atoms with Crippen LogP contribution in [0.4, 0.5) is 0 Å². The number of rotatable bonds is 3. The average molecular weight is 267 g/mol. The Morgan fingerprint density at radius 3 is 1.74 bits per heavy atom. The Kier molecular flexibility index (Phi) is 8.94. The van der Waals surface area contributed by atoms with Crippen molar-refractivity contribution in [2.24, 2.45) is 5.92 Å². The molecule has 2 nitrogen and oxygen atoms in total. The van der Waals surface area contributed by atoms with Crippen LogP contribution in [0.5, 0.6) is 0 Å². The average Bonchev–Trinajstić information content (AvgIpc) is 2.31. The fraction of sp³-hybridized carbons (Fsp3) is 0.941. The maximum absolute atomic E-state index is 11.9. The van der Waals surface area contributed by atoms with Gasteiger partial charge in [0.05, 0.1) is 0 Å². The minimum absolute atomic E-state index is 0.257. The van der Waals surface area contributed by atoms with E-state index in [0.29, 0.717) is 18.4 Å². The van der Waals surface area contributed by atoms with Crippen LogP contribution in [-0.4, -0.2) is 11.9 Å². The fourth-order valence-electron chi connectivity index (χ4n) is 2.96. The van der Waals surface area contributed by atoms with Crippen LogP contribution in [0.15, 0.2) is 0 Å². The normalized spacial score (nSPS) is 20.6. The minimum Gasteiger partial charge on any atom is -0.353 e. The Morgan fingerprint density at radius 2 is 1.32 bits per heavy atom. The molecule has 2 heteroatoms. The minimum atomic E-state index is 0.257. The summed E-state index contributed by atoms with van der Waals surface area (Å²) in [7, 11) is 0. The summed E-state index contributed by atoms with van der Waals surface area (Å²) in [5.74, 6) is 0.721. The highest BCUT2D eigenvalue weighted by atomic mass is 16.1. The van der Waals surface area contributed by atoms with Gasteiger partial charge < -0.3 is 5.32 Å². The topological polar surface area (TPSA) is 29.1 Å². The van der Waals surface area contributed by atoms with E-state index in [9.17, 15) is 4.79 Å². The predicted molar refractivity (Wildman–Crippen MR) is 82.2 cm³/mol. The molecule has 0 aromatic rings. The van der Waals surface area contributed by atoms with Gasteiger partial charge in [0.15, 0.2) is 0 Å². The van der Waals surface area contributed by atoms with Crippen molar-refractivity contribution in [3.63, 3.8) is 0 Å². The van der Waals surface area contributed by atoms with Gasteiger partial charge in [-0.25, -0.2) is 0 Å². The molecule has 0 bridgehead atoms. The summed E-state index contributed by atoms with van der Waals surface area (Å²) in [6.45, 7) is 4.22. The van der Waals surface area contributed by atoms with E-state index in [-0.39, 0.29) is 5.91 Å². The van der Waals surface area contributed by atoms with E-state index in [0.717, 1.165) is 0 Å². The molecular formula is C17H33NO. The third kappa shape index (κ3) is 9.07. The zero-order valence-corrected chi connectivity index (χ0v) is 13.0. The van der Waals surface area contributed by atoms with Gasteiger partial charge in [-0.2, -0.15) is 0 Å². The predicted octanol–water partition coefficient (Wildman–Crippen LogP) is 4.82. The van der Waals surface area contributed by atoms with Crippen LogP contribution in [0, 0.1) is 5.92 Å². The SMILES string of the molecule is CC(C)CC(=O)NC1CCCCCCCCCCC1. The first-order chi connectivity index (χ1) is 9.18. The molecule has 0 aromatic heterocycles. The molecule has 19 heavy (non-hydrogen) atoms. The fourth-order valence-corrected chi connectivity index (χ4v) is 2.96. The van der Waals surface area contributed by atoms with Crippen molar-refractivity contribution in [2.45, 2.75) is 96.9 Å². The van der Waals surface area contributed by atoms with Crippen LogP contribution >= 0.6 is 0 Å². The number of hydrogen-bond acceptors (Lipinski definition) is 1. The van der Waals surface area contributed by atoms with Crippen molar-refractivity contribution in [3.8, 4) is 0 Å². The van der Waals surface area contributed by atoms with Crippen LogP contribution in [0.25, 0.3) is 0 Å². The van der Waals surface area contributed by atoms with Gasteiger partial charge in [0, 0.05) is 12.5 Å². The van der Waals surface area contributed by atoms with Gasteiger partial charge in [-0.05, 0) is 18.8 Å². The molecule has 0 spiro atoms. The van der Waals surface area contributed by atoms with E-state index < -0.39 is 0 Å². The van der Waals surface area contributed by atoms with E-state index in [1.54, 1.807) is 0 Å². The quantitative estimate of drug-likeness (QED) is 0.780. The van der Waals surface area contributed by atoms with Crippen LogP contribution in [0.2, 0.25) is 0 Å². The molecular weight excluding hydrogens is 234 g/mol. The second kappa shape index (κ2) is 10.3. The molecule has 0 heterocycles. The van der Waals surface area contributed by atoms with E-state index >= 15 is 0 Å². The van der Waals surface area contributed by atoms with Crippen LogP contribution in [0.3, 0.4) is 0 Å². The highest BCUT2D eigenvalue weighted by Gasteiger charge is 2.13. The molecule has 1 fully saturated rings. The monoisotopic (exact) mass is 267 g/mol.